The van der Waals surface area contributed by atoms with E-state index in [1.807, 2.05) is 17.9 Å². The highest BCUT2D eigenvalue weighted by Gasteiger charge is 2.29. The lowest BCUT2D eigenvalue weighted by atomic mass is 10.3. The molecule has 0 bridgehead atoms. The van der Waals surface area contributed by atoms with Gasteiger partial charge < -0.3 is 9.32 Å². The van der Waals surface area contributed by atoms with Gasteiger partial charge in [0.15, 0.2) is 5.58 Å². The zero-order valence-electron chi connectivity index (χ0n) is 14.6. The van der Waals surface area contributed by atoms with Crippen LogP contribution in [0.25, 0.3) is 11.1 Å². The second kappa shape index (κ2) is 6.99. The van der Waals surface area contributed by atoms with Crippen molar-refractivity contribution in [2.75, 3.05) is 35.8 Å². The zero-order valence-corrected chi connectivity index (χ0v) is 16.2. The summed E-state index contributed by atoms with van der Waals surface area (Å²) < 4.78 is 34.9. The molecule has 0 radical (unpaired) electrons. The van der Waals surface area contributed by atoms with E-state index in [0.717, 1.165) is 11.2 Å². The average Bonchev–Trinajstić information content (AvgIpc) is 3.04. The summed E-state index contributed by atoms with van der Waals surface area (Å²) in [5.74, 6) is 0.313. The Balaban J connectivity index is 1.44. The third-order valence-corrected chi connectivity index (χ3v) is 6.06. The molecule has 0 unspecified atom stereocenters. The SMILES string of the molecule is Cc1cccc(NS(=O)(=O)N2CCN(c3nc4ccc(Cl)cc4o3)CC2)n1. The van der Waals surface area contributed by atoms with Gasteiger partial charge in [-0.25, -0.2) is 4.98 Å². The number of rotatable bonds is 4. The summed E-state index contributed by atoms with van der Waals surface area (Å²) in [5.41, 5.74) is 2.08. The topological polar surface area (TPSA) is 91.6 Å². The van der Waals surface area contributed by atoms with Crippen LogP contribution in [0.1, 0.15) is 5.69 Å². The molecule has 0 atom stereocenters. The highest BCUT2D eigenvalue weighted by molar-refractivity contribution is 7.90. The highest BCUT2D eigenvalue weighted by Crippen LogP contribution is 2.25. The van der Waals surface area contributed by atoms with Gasteiger partial charge in [0.25, 0.3) is 6.01 Å². The fourth-order valence-corrected chi connectivity index (χ4v) is 4.25. The van der Waals surface area contributed by atoms with Crippen molar-refractivity contribution in [2.45, 2.75) is 6.92 Å². The summed E-state index contributed by atoms with van der Waals surface area (Å²) in [4.78, 5) is 10.6. The molecule has 4 rings (SSSR count). The quantitative estimate of drug-likeness (QED) is 0.714. The van der Waals surface area contributed by atoms with E-state index in [4.69, 9.17) is 16.0 Å². The van der Waals surface area contributed by atoms with Gasteiger partial charge in [0.05, 0.1) is 0 Å². The molecule has 3 heterocycles. The maximum Gasteiger partial charge on any atom is 0.302 e. The molecule has 3 aromatic rings. The Morgan fingerprint density at radius 1 is 1.11 bits per heavy atom. The molecule has 0 spiro atoms. The number of pyridine rings is 1. The van der Waals surface area contributed by atoms with E-state index in [2.05, 4.69) is 14.7 Å². The van der Waals surface area contributed by atoms with Gasteiger partial charge in [0.2, 0.25) is 0 Å². The number of aryl methyl sites for hydroxylation is 1. The number of nitrogens with one attached hydrogen (secondary N) is 1. The molecule has 1 N–H and O–H groups in total. The first-order valence-electron chi connectivity index (χ1n) is 8.43. The number of benzene rings is 1. The average molecular weight is 408 g/mol. The smallest absolute Gasteiger partial charge is 0.302 e. The van der Waals surface area contributed by atoms with Crippen LogP contribution in [0, 0.1) is 6.92 Å². The number of hydrogen-bond acceptors (Lipinski definition) is 6. The number of oxazole rings is 1. The second-order valence-corrected chi connectivity index (χ2v) is 8.37. The fraction of sp³-hybridized carbons (Fsp3) is 0.294. The highest BCUT2D eigenvalue weighted by atomic mass is 35.5. The summed E-state index contributed by atoms with van der Waals surface area (Å²) in [7, 11) is -3.66. The summed E-state index contributed by atoms with van der Waals surface area (Å²) in [6, 6.07) is 10.9. The number of fused-ring (bicyclic) bond motifs is 1. The van der Waals surface area contributed by atoms with Crippen LogP contribution >= 0.6 is 11.6 Å². The number of aromatic nitrogens is 2. The van der Waals surface area contributed by atoms with E-state index < -0.39 is 10.2 Å². The van der Waals surface area contributed by atoms with Gasteiger partial charge >= 0.3 is 10.2 Å². The van der Waals surface area contributed by atoms with Crippen molar-refractivity contribution in [2.24, 2.45) is 0 Å². The number of anilines is 2. The third kappa shape index (κ3) is 3.85. The Hall–Kier alpha value is -2.36. The van der Waals surface area contributed by atoms with Gasteiger partial charge in [-0.3, -0.25) is 4.72 Å². The van der Waals surface area contributed by atoms with Gasteiger partial charge in [0, 0.05) is 43.0 Å². The molecular formula is C17H18ClN5O3S. The minimum absolute atomic E-state index is 0.313. The zero-order chi connectivity index (χ0) is 19.0. The van der Waals surface area contributed by atoms with Crippen molar-refractivity contribution in [3.63, 3.8) is 0 Å². The van der Waals surface area contributed by atoms with Gasteiger partial charge in [-0.05, 0) is 31.2 Å². The Morgan fingerprint density at radius 2 is 1.89 bits per heavy atom. The maximum atomic E-state index is 12.6. The number of halogens is 1. The van der Waals surface area contributed by atoms with Crippen LogP contribution in [0.4, 0.5) is 11.8 Å². The molecule has 8 nitrogen and oxygen atoms in total. The third-order valence-electron chi connectivity index (χ3n) is 4.31. The molecule has 1 aromatic carbocycles. The molecule has 1 aliphatic rings. The Kier molecular flexibility index (Phi) is 4.67. The fourth-order valence-electron chi connectivity index (χ4n) is 2.94. The molecule has 2 aromatic heterocycles. The lowest BCUT2D eigenvalue weighted by molar-refractivity contribution is 0.376. The lowest BCUT2D eigenvalue weighted by Crippen LogP contribution is -2.50. The van der Waals surface area contributed by atoms with E-state index in [1.54, 1.807) is 30.3 Å². The summed E-state index contributed by atoms with van der Waals surface area (Å²) in [5, 5.41) is 0.581. The van der Waals surface area contributed by atoms with E-state index in [0.29, 0.717) is 48.6 Å². The van der Waals surface area contributed by atoms with Gasteiger partial charge in [-0.15, -0.1) is 0 Å². The molecule has 1 saturated heterocycles. The van der Waals surface area contributed by atoms with E-state index in [-0.39, 0.29) is 0 Å². The molecule has 1 aliphatic heterocycles. The van der Waals surface area contributed by atoms with Crippen molar-refractivity contribution in [3.8, 4) is 0 Å². The standard InChI is InChI=1S/C17H18ClN5O3S/c1-12-3-2-4-16(19-12)21-27(24,25)23-9-7-22(8-10-23)17-20-14-6-5-13(18)11-15(14)26-17/h2-6,11H,7-10H2,1H3,(H,19,21). The largest absolute Gasteiger partial charge is 0.423 e. The normalized spacial score (nSPS) is 16.0. The first-order chi connectivity index (χ1) is 12.9. The molecule has 142 valence electrons. The van der Waals surface area contributed by atoms with Gasteiger partial charge in [0.1, 0.15) is 11.3 Å². The summed E-state index contributed by atoms with van der Waals surface area (Å²) in [6.45, 7) is 3.40. The number of hydrogen-bond donors (Lipinski definition) is 1. The molecule has 27 heavy (non-hydrogen) atoms. The van der Waals surface area contributed by atoms with Crippen molar-refractivity contribution < 1.29 is 12.8 Å². The van der Waals surface area contributed by atoms with Crippen molar-refractivity contribution in [1.29, 1.82) is 0 Å². The maximum absolute atomic E-state index is 12.6. The molecule has 0 aliphatic carbocycles. The molecule has 0 saturated carbocycles. The second-order valence-electron chi connectivity index (χ2n) is 6.27. The molecule has 10 heteroatoms. The van der Waals surface area contributed by atoms with E-state index in [1.165, 1.54) is 4.31 Å². The number of nitrogens with zero attached hydrogens (tertiary/aromatic N) is 4. The lowest BCUT2D eigenvalue weighted by Gasteiger charge is -2.32. The number of piperazine rings is 1. The minimum atomic E-state index is -3.66. The van der Waals surface area contributed by atoms with Crippen molar-refractivity contribution in [1.82, 2.24) is 14.3 Å². The Morgan fingerprint density at radius 3 is 2.63 bits per heavy atom. The van der Waals surface area contributed by atoms with Crippen LogP contribution < -0.4 is 9.62 Å². The van der Waals surface area contributed by atoms with Crippen LogP contribution in [-0.2, 0) is 10.2 Å². The van der Waals surface area contributed by atoms with Crippen LogP contribution in [0.2, 0.25) is 5.02 Å². The van der Waals surface area contributed by atoms with Gasteiger partial charge in [-0.1, -0.05) is 17.7 Å². The van der Waals surface area contributed by atoms with Crippen molar-refractivity contribution >= 4 is 44.7 Å². The molecule has 0 amide bonds. The van der Waals surface area contributed by atoms with E-state index in [9.17, 15) is 8.42 Å². The molecular weight excluding hydrogens is 390 g/mol. The monoisotopic (exact) mass is 407 g/mol. The summed E-state index contributed by atoms with van der Waals surface area (Å²) in [6.07, 6.45) is 0. The molecule has 1 fully saturated rings. The van der Waals surface area contributed by atoms with Gasteiger partial charge in [-0.2, -0.15) is 17.7 Å². The van der Waals surface area contributed by atoms with E-state index >= 15 is 0 Å². The van der Waals surface area contributed by atoms with Crippen molar-refractivity contribution in [3.05, 3.63) is 47.1 Å². The van der Waals surface area contributed by atoms with Crippen LogP contribution in [-0.4, -0.2) is 48.9 Å². The first-order valence-corrected chi connectivity index (χ1v) is 10.3. The van der Waals surface area contributed by atoms with Crippen LogP contribution in [0.15, 0.2) is 40.8 Å². The minimum Gasteiger partial charge on any atom is -0.423 e. The Bertz CT molecular complexity index is 1080. The summed E-state index contributed by atoms with van der Waals surface area (Å²) >= 11 is 5.97. The van der Waals surface area contributed by atoms with Crippen LogP contribution in [0.5, 0.6) is 0 Å². The first kappa shape index (κ1) is 18.0. The Labute approximate surface area is 161 Å². The predicted octanol–water partition coefficient (Wildman–Crippen LogP) is 2.66. The van der Waals surface area contributed by atoms with Crippen LogP contribution in [0.3, 0.4) is 0 Å². The predicted molar refractivity (Wildman–Crippen MR) is 104 cm³/mol.